The molecule has 0 saturated carbocycles. The molecule has 3 aromatic rings. The van der Waals surface area contributed by atoms with Gasteiger partial charge in [-0.25, -0.2) is 9.79 Å². The van der Waals surface area contributed by atoms with Gasteiger partial charge < -0.3 is 14.8 Å². The van der Waals surface area contributed by atoms with Gasteiger partial charge in [0.2, 0.25) is 11.8 Å². The number of hydrogen-bond acceptors (Lipinski definition) is 7. The Morgan fingerprint density at radius 3 is 2.33 bits per heavy atom. The molecule has 1 saturated heterocycles. The minimum Gasteiger partial charge on any atom is -0.494 e. The molecular formula is C30H30ClN3O5S. The maximum atomic E-state index is 13.4. The second-order valence-electron chi connectivity index (χ2n) is 8.84. The van der Waals surface area contributed by atoms with Crippen molar-refractivity contribution in [1.29, 1.82) is 0 Å². The van der Waals surface area contributed by atoms with Gasteiger partial charge in [-0.05, 0) is 86.5 Å². The zero-order valence-corrected chi connectivity index (χ0v) is 23.8. The molecule has 208 valence electrons. The van der Waals surface area contributed by atoms with Gasteiger partial charge in [0.15, 0.2) is 5.17 Å². The smallest absolute Gasteiger partial charge is 0.338 e. The van der Waals surface area contributed by atoms with E-state index in [1.807, 2.05) is 31.2 Å². The standard InChI is InChI=1S/C30H30ClN3O5S/c1-3-38-25-15-13-23(14-16-25)32-27(35)19-26-28(36)34(18-17-20-5-9-22(31)10-6-20)30(40-26)33-24-11-7-21(8-12-24)29(37)39-4-2/h5-16,26H,3-4,17-19H2,1-2H3,(H,32,35). The zero-order valence-electron chi connectivity index (χ0n) is 22.3. The van der Waals surface area contributed by atoms with E-state index in [0.29, 0.717) is 46.7 Å². The Balaban J connectivity index is 1.48. The summed E-state index contributed by atoms with van der Waals surface area (Å²) in [6.07, 6.45) is 0.588. The number of esters is 1. The van der Waals surface area contributed by atoms with Crippen molar-refractivity contribution in [3.8, 4) is 5.75 Å². The Morgan fingerprint density at radius 2 is 1.68 bits per heavy atom. The Kier molecular flexibility index (Phi) is 10.2. The summed E-state index contributed by atoms with van der Waals surface area (Å²) >= 11 is 7.27. The summed E-state index contributed by atoms with van der Waals surface area (Å²) in [4.78, 5) is 44.6. The molecule has 0 radical (unpaired) electrons. The minimum atomic E-state index is -0.620. The molecular weight excluding hydrogens is 550 g/mol. The number of ether oxygens (including phenoxy) is 2. The number of thioether (sulfide) groups is 1. The molecule has 3 aromatic carbocycles. The van der Waals surface area contributed by atoms with Crippen molar-refractivity contribution in [2.75, 3.05) is 25.1 Å². The maximum absolute atomic E-state index is 13.4. The van der Waals surface area contributed by atoms with Crippen LogP contribution in [0.3, 0.4) is 0 Å². The van der Waals surface area contributed by atoms with Gasteiger partial charge in [0.05, 0.1) is 24.5 Å². The average Bonchev–Trinajstić information content (AvgIpc) is 3.23. The normalized spacial score (nSPS) is 15.8. The Morgan fingerprint density at radius 1 is 0.975 bits per heavy atom. The molecule has 1 N–H and O–H groups in total. The van der Waals surface area contributed by atoms with E-state index in [2.05, 4.69) is 5.32 Å². The third-order valence-electron chi connectivity index (χ3n) is 5.98. The number of nitrogens with zero attached hydrogens (tertiary/aromatic N) is 2. The highest BCUT2D eigenvalue weighted by atomic mass is 35.5. The average molecular weight is 580 g/mol. The van der Waals surface area contributed by atoms with Crippen molar-refractivity contribution >= 4 is 57.7 Å². The molecule has 0 spiro atoms. The molecule has 0 bridgehead atoms. The van der Waals surface area contributed by atoms with Gasteiger partial charge in [0, 0.05) is 23.7 Å². The number of halogens is 1. The quantitative estimate of drug-likeness (QED) is 0.275. The first kappa shape index (κ1) is 29.2. The van der Waals surface area contributed by atoms with E-state index in [-0.39, 0.29) is 24.8 Å². The SMILES string of the molecule is CCOC(=O)c1ccc(N=C2SC(CC(=O)Nc3ccc(OCC)cc3)C(=O)N2CCc2ccc(Cl)cc2)cc1. The fourth-order valence-electron chi connectivity index (χ4n) is 4.00. The predicted octanol–water partition coefficient (Wildman–Crippen LogP) is 6.12. The number of benzene rings is 3. The van der Waals surface area contributed by atoms with E-state index in [1.54, 1.807) is 60.4 Å². The molecule has 10 heteroatoms. The molecule has 40 heavy (non-hydrogen) atoms. The number of carbonyl (C=O) groups excluding carboxylic acids is 3. The number of amidine groups is 1. The number of rotatable bonds is 11. The van der Waals surface area contributed by atoms with Crippen molar-refractivity contribution in [1.82, 2.24) is 4.90 Å². The lowest BCUT2D eigenvalue weighted by atomic mass is 10.1. The molecule has 4 rings (SSSR count). The van der Waals surface area contributed by atoms with Crippen LogP contribution in [0.1, 0.15) is 36.2 Å². The number of anilines is 1. The molecule has 1 aliphatic heterocycles. The van der Waals surface area contributed by atoms with Crippen molar-refractivity contribution in [3.63, 3.8) is 0 Å². The minimum absolute atomic E-state index is 0.00499. The highest BCUT2D eigenvalue weighted by molar-refractivity contribution is 8.15. The first-order valence-corrected chi connectivity index (χ1v) is 14.2. The summed E-state index contributed by atoms with van der Waals surface area (Å²) in [5, 5.41) is 3.38. The third-order valence-corrected chi connectivity index (χ3v) is 7.41. The van der Waals surface area contributed by atoms with Gasteiger partial charge in [-0.3, -0.25) is 14.5 Å². The van der Waals surface area contributed by atoms with Crippen LogP contribution < -0.4 is 10.1 Å². The Hall–Kier alpha value is -3.82. The van der Waals surface area contributed by atoms with Crippen LogP contribution in [-0.2, 0) is 20.7 Å². The number of aliphatic imine (C=N–C) groups is 1. The van der Waals surface area contributed by atoms with E-state index in [1.165, 1.54) is 11.8 Å². The highest BCUT2D eigenvalue weighted by Crippen LogP contribution is 2.32. The van der Waals surface area contributed by atoms with E-state index in [0.717, 1.165) is 11.3 Å². The second kappa shape index (κ2) is 14.0. The van der Waals surface area contributed by atoms with Gasteiger partial charge in [-0.2, -0.15) is 0 Å². The first-order valence-electron chi connectivity index (χ1n) is 13.0. The Labute approximate surface area is 242 Å². The summed E-state index contributed by atoms with van der Waals surface area (Å²) in [5.74, 6) is -0.139. The lowest BCUT2D eigenvalue weighted by Gasteiger charge is -2.16. The number of carbonyl (C=O) groups is 3. The maximum Gasteiger partial charge on any atom is 0.338 e. The molecule has 1 heterocycles. The van der Waals surface area contributed by atoms with E-state index < -0.39 is 11.2 Å². The molecule has 0 aliphatic carbocycles. The number of hydrogen-bond donors (Lipinski definition) is 1. The summed E-state index contributed by atoms with van der Waals surface area (Å²) < 4.78 is 10.5. The van der Waals surface area contributed by atoms with Crippen LogP contribution in [0.4, 0.5) is 11.4 Å². The third kappa shape index (κ3) is 7.86. The van der Waals surface area contributed by atoms with E-state index in [4.69, 9.17) is 26.1 Å². The number of amides is 2. The van der Waals surface area contributed by atoms with Crippen molar-refractivity contribution in [2.45, 2.75) is 31.9 Å². The molecule has 2 amide bonds. The van der Waals surface area contributed by atoms with E-state index >= 15 is 0 Å². The van der Waals surface area contributed by atoms with Crippen LogP contribution in [0.2, 0.25) is 5.02 Å². The van der Waals surface area contributed by atoms with Crippen LogP contribution in [0.25, 0.3) is 0 Å². The molecule has 1 unspecified atom stereocenters. The topological polar surface area (TPSA) is 97.3 Å². The fourth-order valence-corrected chi connectivity index (χ4v) is 5.31. The lowest BCUT2D eigenvalue weighted by Crippen LogP contribution is -2.35. The van der Waals surface area contributed by atoms with Gasteiger partial charge >= 0.3 is 5.97 Å². The van der Waals surface area contributed by atoms with Gasteiger partial charge in [0.1, 0.15) is 11.0 Å². The van der Waals surface area contributed by atoms with Crippen molar-refractivity contribution in [3.05, 3.63) is 88.9 Å². The van der Waals surface area contributed by atoms with Crippen LogP contribution in [-0.4, -0.2) is 52.9 Å². The zero-order chi connectivity index (χ0) is 28.5. The lowest BCUT2D eigenvalue weighted by molar-refractivity contribution is -0.128. The summed E-state index contributed by atoms with van der Waals surface area (Å²) in [5.41, 5.74) is 2.65. The van der Waals surface area contributed by atoms with E-state index in [9.17, 15) is 14.4 Å². The Bertz CT molecular complexity index is 1360. The molecule has 1 fully saturated rings. The number of nitrogens with one attached hydrogen (secondary N) is 1. The fraction of sp³-hybridized carbons (Fsp3) is 0.267. The van der Waals surface area contributed by atoms with Crippen LogP contribution in [0, 0.1) is 0 Å². The molecule has 1 atom stereocenters. The monoisotopic (exact) mass is 579 g/mol. The molecule has 8 nitrogen and oxygen atoms in total. The van der Waals surface area contributed by atoms with Crippen LogP contribution in [0.5, 0.6) is 5.75 Å². The first-order chi connectivity index (χ1) is 19.4. The van der Waals surface area contributed by atoms with Crippen molar-refractivity contribution in [2.24, 2.45) is 4.99 Å². The van der Waals surface area contributed by atoms with Crippen molar-refractivity contribution < 1.29 is 23.9 Å². The molecule has 1 aliphatic rings. The highest BCUT2D eigenvalue weighted by Gasteiger charge is 2.39. The molecule has 0 aromatic heterocycles. The largest absolute Gasteiger partial charge is 0.494 e. The predicted molar refractivity (Wildman–Crippen MR) is 159 cm³/mol. The van der Waals surface area contributed by atoms with Crippen LogP contribution >= 0.6 is 23.4 Å². The summed E-state index contributed by atoms with van der Waals surface area (Å²) in [6, 6.07) is 21.2. The van der Waals surface area contributed by atoms with Gasteiger partial charge in [0.25, 0.3) is 0 Å². The van der Waals surface area contributed by atoms with Crippen LogP contribution in [0.15, 0.2) is 77.8 Å². The van der Waals surface area contributed by atoms with Gasteiger partial charge in [-0.15, -0.1) is 0 Å². The summed E-state index contributed by atoms with van der Waals surface area (Å²) in [7, 11) is 0. The summed E-state index contributed by atoms with van der Waals surface area (Å²) in [6.45, 7) is 4.89. The second-order valence-corrected chi connectivity index (χ2v) is 10.5. The van der Waals surface area contributed by atoms with Gasteiger partial charge in [-0.1, -0.05) is 35.5 Å².